The van der Waals surface area contributed by atoms with Crippen LogP contribution in [-0.2, 0) is 22.3 Å². The van der Waals surface area contributed by atoms with Crippen molar-refractivity contribution in [1.29, 1.82) is 0 Å². The van der Waals surface area contributed by atoms with E-state index in [0.29, 0.717) is 13.2 Å². The number of aromatic nitrogens is 3. The molecule has 1 atom stereocenters. The molecule has 7 nitrogen and oxygen atoms in total. The summed E-state index contributed by atoms with van der Waals surface area (Å²) in [6.45, 7) is 2.81. The summed E-state index contributed by atoms with van der Waals surface area (Å²) in [6.07, 6.45) is -2.92. The van der Waals surface area contributed by atoms with Gasteiger partial charge in [0, 0.05) is 20.2 Å². The molecule has 1 amide bonds. The summed E-state index contributed by atoms with van der Waals surface area (Å²) in [5.41, 5.74) is 0. The van der Waals surface area contributed by atoms with Gasteiger partial charge in [-0.3, -0.25) is 9.89 Å². The van der Waals surface area contributed by atoms with E-state index in [1.807, 2.05) is 0 Å². The van der Waals surface area contributed by atoms with Crippen LogP contribution in [-0.4, -0.2) is 59.3 Å². The van der Waals surface area contributed by atoms with Crippen LogP contribution >= 0.6 is 0 Å². The Labute approximate surface area is 131 Å². The third-order valence-corrected chi connectivity index (χ3v) is 3.70. The van der Waals surface area contributed by atoms with Gasteiger partial charge in [0.15, 0.2) is 0 Å². The predicted molar refractivity (Wildman–Crippen MR) is 74.3 cm³/mol. The summed E-state index contributed by atoms with van der Waals surface area (Å²) in [7, 11) is 1.63. The quantitative estimate of drug-likeness (QED) is 0.803. The van der Waals surface area contributed by atoms with Crippen LogP contribution in [0.4, 0.5) is 13.2 Å². The highest BCUT2D eigenvalue weighted by atomic mass is 19.4. The van der Waals surface area contributed by atoms with E-state index in [1.54, 1.807) is 7.11 Å². The molecule has 0 saturated carbocycles. The highest BCUT2D eigenvalue weighted by Gasteiger charge is 2.36. The van der Waals surface area contributed by atoms with Crippen molar-refractivity contribution in [2.75, 3.05) is 33.4 Å². The number of hydrogen-bond acceptors (Lipinski definition) is 5. The monoisotopic (exact) mass is 335 g/mol. The molecule has 0 bridgehead atoms. The Morgan fingerprint density at radius 1 is 1.52 bits per heavy atom. The van der Waals surface area contributed by atoms with Gasteiger partial charge in [-0.05, 0) is 19.4 Å². The van der Waals surface area contributed by atoms with E-state index in [4.69, 9.17) is 4.74 Å². The second kappa shape index (κ2) is 7.73. The van der Waals surface area contributed by atoms with Crippen LogP contribution in [0.3, 0.4) is 0 Å². The Morgan fingerprint density at radius 3 is 2.96 bits per heavy atom. The molecular weight excluding hydrogens is 315 g/mol. The molecule has 2 heterocycles. The SMILES string of the molecule is COCCN1CCCC(C(=O)NCc2nc(C(F)(F)F)n[nH]2)C1. The van der Waals surface area contributed by atoms with Gasteiger partial charge in [-0.2, -0.15) is 13.2 Å². The van der Waals surface area contributed by atoms with E-state index in [2.05, 4.69) is 25.4 Å². The zero-order chi connectivity index (χ0) is 16.9. The molecular formula is C13H20F3N5O2. The maximum atomic E-state index is 12.4. The molecule has 2 rings (SSSR count). The highest BCUT2D eigenvalue weighted by molar-refractivity contribution is 5.78. The van der Waals surface area contributed by atoms with Gasteiger partial charge in [-0.25, -0.2) is 4.98 Å². The van der Waals surface area contributed by atoms with Crippen molar-refractivity contribution in [2.45, 2.75) is 25.6 Å². The molecule has 0 spiro atoms. The van der Waals surface area contributed by atoms with E-state index in [0.717, 1.165) is 25.9 Å². The average Bonchev–Trinajstić information content (AvgIpc) is 3.00. The summed E-state index contributed by atoms with van der Waals surface area (Å²) in [5.74, 6) is -1.61. The fourth-order valence-electron chi connectivity index (χ4n) is 2.51. The molecule has 0 aliphatic carbocycles. The van der Waals surface area contributed by atoms with Gasteiger partial charge in [0.25, 0.3) is 5.82 Å². The third-order valence-electron chi connectivity index (χ3n) is 3.70. The molecule has 23 heavy (non-hydrogen) atoms. The second-order valence-electron chi connectivity index (χ2n) is 5.45. The van der Waals surface area contributed by atoms with Gasteiger partial charge in [0.2, 0.25) is 5.91 Å². The first-order chi connectivity index (χ1) is 10.9. The van der Waals surface area contributed by atoms with Crippen LogP contribution < -0.4 is 5.32 Å². The Morgan fingerprint density at radius 2 is 2.30 bits per heavy atom. The topological polar surface area (TPSA) is 83.1 Å². The normalized spacial score (nSPS) is 19.7. The molecule has 1 aliphatic heterocycles. The van der Waals surface area contributed by atoms with E-state index in [9.17, 15) is 18.0 Å². The number of piperidine rings is 1. The lowest BCUT2D eigenvalue weighted by Gasteiger charge is -2.31. The number of carbonyl (C=O) groups is 1. The van der Waals surface area contributed by atoms with E-state index < -0.39 is 12.0 Å². The first-order valence-electron chi connectivity index (χ1n) is 7.37. The van der Waals surface area contributed by atoms with Crippen LogP contribution in [0.1, 0.15) is 24.5 Å². The van der Waals surface area contributed by atoms with Crippen molar-refractivity contribution in [3.05, 3.63) is 11.6 Å². The van der Waals surface area contributed by atoms with Crippen molar-refractivity contribution >= 4 is 5.91 Å². The second-order valence-corrected chi connectivity index (χ2v) is 5.45. The first-order valence-corrected chi connectivity index (χ1v) is 7.37. The molecule has 1 saturated heterocycles. The standard InChI is InChI=1S/C13H20F3N5O2/c1-23-6-5-21-4-2-3-9(8-21)11(22)17-7-10-18-12(20-19-10)13(14,15)16/h9H,2-8H2,1H3,(H,17,22)(H,18,19,20). The molecule has 1 fully saturated rings. The molecule has 10 heteroatoms. The lowest BCUT2D eigenvalue weighted by Crippen LogP contribution is -2.43. The largest absolute Gasteiger partial charge is 0.453 e. The molecule has 1 unspecified atom stereocenters. The fraction of sp³-hybridized carbons (Fsp3) is 0.769. The zero-order valence-corrected chi connectivity index (χ0v) is 12.8. The zero-order valence-electron chi connectivity index (χ0n) is 12.8. The fourth-order valence-corrected chi connectivity index (χ4v) is 2.51. The summed E-state index contributed by atoms with van der Waals surface area (Å²) in [4.78, 5) is 17.6. The molecule has 2 N–H and O–H groups in total. The lowest BCUT2D eigenvalue weighted by atomic mass is 9.97. The van der Waals surface area contributed by atoms with Crippen molar-refractivity contribution < 1.29 is 22.7 Å². The predicted octanol–water partition coefficient (Wildman–Crippen LogP) is 0.798. The number of H-pyrrole nitrogens is 1. The van der Waals surface area contributed by atoms with Crippen molar-refractivity contribution in [2.24, 2.45) is 5.92 Å². The van der Waals surface area contributed by atoms with Crippen molar-refractivity contribution in [1.82, 2.24) is 25.4 Å². The van der Waals surface area contributed by atoms with Gasteiger partial charge in [0.1, 0.15) is 5.82 Å². The summed E-state index contributed by atoms with van der Waals surface area (Å²) < 4.78 is 42.2. The number of amides is 1. The maximum absolute atomic E-state index is 12.4. The minimum Gasteiger partial charge on any atom is -0.383 e. The summed E-state index contributed by atoms with van der Waals surface area (Å²) in [6, 6.07) is 0. The highest BCUT2D eigenvalue weighted by Crippen LogP contribution is 2.25. The Bertz CT molecular complexity index is 520. The number of halogens is 3. The Balaban J connectivity index is 1.81. The van der Waals surface area contributed by atoms with Gasteiger partial charge in [0.05, 0.1) is 19.1 Å². The summed E-state index contributed by atoms with van der Waals surface area (Å²) >= 11 is 0. The maximum Gasteiger partial charge on any atom is 0.453 e. The number of likely N-dealkylation sites (tertiary alicyclic amines) is 1. The van der Waals surface area contributed by atoms with Crippen LogP contribution in [0.15, 0.2) is 0 Å². The Kier molecular flexibility index (Phi) is 5.94. The molecule has 1 aromatic heterocycles. The smallest absolute Gasteiger partial charge is 0.383 e. The number of rotatable bonds is 6. The van der Waals surface area contributed by atoms with E-state index >= 15 is 0 Å². The van der Waals surface area contributed by atoms with Crippen molar-refractivity contribution in [3.63, 3.8) is 0 Å². The number of hydrogen-bond donors (Lipinski definition) is 2. The minimum atomic E-state index is -4.59. The number of carbonyl (C=O) groups excluding carboxylic acids is 1. The van der Waals surface area contributed by atoms with E-state index in [1.165, 1.54) is 0 Å². The van der Waals surface area contributed by atoms with Crippen LogP contribution in [0, 0.1) is 5.92 Å². The number of nitrogens with zero attached hydrogens (tertiary/aromatic N) is 3. The number of methoxy groups -OCH3 is 1. The van der Waals surface area contributed by atoms with Crippen LogP contribution in [0.5, 0.6) is 0 Å². The number of ether oxygens (including phenoxy) is 1. The number of nitrogens with one attached hydrogen (secondary N) is 2. The van der Waals surface area contributed by atoms with Gasteiger partial charge in [-0.1, -0.05) is 0 Å². The van der Waals surface area contributed by atoms with Gasteiger partial charge >= 0.3 is 6.18 Å². The minimum absolute atomic E-state index is 0.0160. The van der Waals surface area contributed by atoms with Gasteiger partial charge < -0.3 is 15.0 Å². The van der Waals surface area contributed by atoms with Crippen molar-refractivity contribution in [3.8, 4) is 0 Å². The van der Waals surface area contributed by atoms with Gasteiger partial charge in [-0.15, -0.1) is 5.10 Å². The lowest BCUT2D eigenvalue weighted by molar-refractivity contribution is -0.144. The molecule has 1 aliphatic rings. The Hall–Kier alpha value is -1.68. The summed E-state index contributed by atoms with van der Waals surface area (Å²) in [5, 5.41) is 7.89. The molecule has 0 aromatic carbocycles. The average molecular weight is 335 g/mol. The third kappa shape index (κ3) is 5.17. The van der Waals surface area contributed by atoms with E-state index in [-0.39, 0.29) is 24.2 Å². The first kappa shape index (κ1) is 17.7. The molecule has 1 aromatic rings. The number of aromatic amines is 1. The number of alkyl halides is 3. The molecule has 0 radical (unpaired) electrons. The molecule has 130 valence electrons. The van der Waals surface area contributed by atoms with Crippen LogP contribution in [0.25, 0.3) is 0 Å². The van der Waals surface area contributed by atoms with Crippen LogP contribution in [0.2, 0.25) is 0 Å².